The van der Waals surface area contributed by atoms with Gasteiger partial charge in [0.2, 0.25) is 0 Å². The van der Waals surface area contributed by atoms with Crippen LogP contribution >= 0.6 is 12.2 Å². The number of methoxy groups -OCH3 is 1. The van der Waals surface area contributed by atoms with Crippen molar-refractivity contribution in [1.29, 1.82) is 0 Å². The molecule has 0 radical (unpaired) electrons. The number of nitrogens with one attached hydrogen (secondary N) is 2. The summed E-state index contributed by atoms with van der Waals surface area (Å²) < 4.78 is 5.40. The van der Waals surface area contributed by atoms with Crippen LogP contribution in [0.2, 0.25) is 0 Å². The molecule has 0 saturated carbocycles. The van der Waals surface area contributed by atoms with Gasteiger partial charge < -0.3 is 15.4 Å². The maximum Gasteiger partial charge on any atom is 0.171 e. The maximum atomic E-state index is 5.50. The summed E-state index contributed by atoms with van der Waals surface area (Å²) >= 11 is 5.50. The second kappa shape index (κ2) is 6.29. The molecule has 0 spiro atoms. The third kappa shape index (κ3) is 2.67. The van der Waals surface area contributed by atoms with Gasteiger partial charge >= 0.3 is 0 Å². The highest BCUT2D eigenvalue weighted by Crippen LogP contribution is 2.38. The summed E-state index contributed by atoms with van der Waals surface area (Å²) in [6.45, 7) is 0. The monoisotopic (exact) mass is 336 g/mol. The van der Waals surface area contributed by atoms with Crippen molar-refractivity contribution in [3.63, 3.8) is 0 Å². The van der Waals surface area contributed by atoms with Crippen LogP contribution in [0, 0.1) is 0 Å². The van der Waals surface area contributed by atoms with Crippen LogP contribution in [0.4, 0.5) is 0 Å². The summed E-state index contributed by atoms with van der Waals surface area (Å²) in [6, 6.07) is 17.0. The van der Waals surface area contributed by atoms with E-state index in [4.69, 9.17) is 17.0 Å². The fourth-order valence-corrected chi connectivity index (χ4v) is 3.88. The van der Waals surface area contributed by atoms with Gasteiger partial charge in [0.25, 0.3) is 0 Å². The van der Waals surface area contributed by atoms with E-state index >= 15 is 0 Å². The Morgan fingerprint density at radius 3 is 2.83 bits per heavy atom. The van der Waals surface area contributed by atoms with E-state index in [0.717, 1.165) is 25.0 Å². The van der Waals surface area contributed by atoms with Gasteiger partial charge in [-0.05, 0) is 60.3 Å². The lowest BCUT2D eigenvalue weighted by Gasteiger charge is -2.32. The van der Waals surface area contributed by atoms with Crippen LogP contribution < -0.4 is 15.4 Å². The molecular formula is C20H20N2OS. The zero-order valence-electron chi connectivity index (χ0n) is 13.6. The third-order valence-electron chi connectivity index (χ3n) is 4.79. The fraction of sp³-hybridized carbons (Fsp3) is 0.250. The highest BCUT2D eigenvalue weighted by Gasteiger charge is 2.29. The molecule has 0 unspecified atom stereocenters. The van der Waals surface area contributed by atoms with Crippen LogP contribution in [0.1, 0.15) is 35.6 Å². The van der Waals surface area contributed by atoms with Gasteiger partial charge in [-0.15, -0.1) is 0 Å². The van der Waals surface area contributed by atoms with Crippen molar-refractivity contribution in [2.45, 2.75) is 25.3 Å². The summed E-state index contributed by atoms with van der Waals surface area (Å²) in [5.74, 6) is 0.870. The highest BCUT2D eigenvalue weighted by molar-refractivity contribution is 7.80. The zero-order chi connectivity index (χ0) is 16.5. The Kier molecular flexibility index (Phi) is 3.98. The molecule has 0 saturated heterocycles. The van der Waals surface area contributed by atoms with Crippen LogP contribution in [0.15, 0.2) is 54.1 Å². The predicted molar refractivity (Wildman–Crippen MR) is 101 cm³/mol. The van der Waals surface area contributed by atoms with Crippen molar-refractivity contribution in [1.82, 2.24) is 10.6 Å². The van der Waals surface area contributed by atoms with E-state index in [9.17, 15) is 0 Å². The number of thiocarbonyl (C=S) groups is 1. The Morgan fingerprint density at radius 1 is 1.08 bits per heavy atom. The van der Waals surface area contributed by atoms with Crippen LogP contribution in [0.25, 0.3) is 5.70 Å². The first-order valence-electron chi connectivity index (χ1n) is 8.29. The Morgan fingerprint density at radius 2 is 1.96 bits per heavy atom. The highest BCUT2D eigenvalue weighted by atomic mass is 32.1. The summed E-state index contributed by atoms with van der Waals surface area (Å²) in [5.41, 5.74) is 6.41. The smallest absolute Gasteiger partial charge is 0.171 e. The van der Waals surface area contributed by atoms with Crippen LogP contribution in [-0.4, -0.2) is 12.2 Å². The van der Waals surface area contributed by atoms with Gasteiger partial charge in [-0.1, -0.05) is 36.4 Å². The lowest BCUT2D eigenvalue weighted by molar-refractivity contribution is 0.414. The van der Waals surface area contributed by atoms with Gasteiger partial charge in [0, 0.05) is 11.3 Å². The molecule has 1 atom stereocenters. The molecule has 1 aliphatic heterocycles. The standard InChI is InChI=1S/C20H20N2OS/c1-23-15-9-4-8-14(12-15)18-17-11-5-7-13-6-2-3-10-16(13)19(17)22-20(24)21-18/h2-4,6,8-10,12,18H,5,7,11H2,1H3,(H2,21,22,24)/t18-/m1/s1. The van der Waals surface area contributed by atoms with E-state index in [1.54, 1.807) is 7.11 Å². The van der Waals surface area contributed by atoms with Gasteiger partial charge in [-0.3, -0.25) is 0 Å². The zero-order valence-corrected chi connectivity index (χ0v) is 14.5. The maximum absolute atomic E-state index is 5.50. The number of benzene rings is 2. The Balaban J connectivity index is 1.85. The van der Waals surface area contributed by atoms with E-state index in [1.165, 1.54) is 28.0 Å². The topological polar surface area (TPSA) is 33.3 Å². The first kappa shape index (κ1) is 15.2. The van der Waals surface area contributed by atoms with Crippen molar-refractivity contribution < 1.29 is 4.74 Å². The lowest BCUT2D eigenvalue weighted by Crippen LogP contribution is -2.43. The van der Waals surface area contributed by atoms with Crippen molar-refractivity contribution >= 4 is 23.0 Å². The molecule has 0 amide bonds. The first-order chi connectivity index (χ1) is 11.8. The molecule has 4 rings (SSSR count). The lowest BCUT2D eigenvalue weighted by atomic mass is 9.91. The normalized spacial score (nSPS) is 19.5. The van der Waals surface area contributed by atoms with E-state index in [0.29, 0.717) is 5.11 Å². The SMILES string of the molecule is COc1cccc([C@H]2NC(=S)NC3=C2CCCc2ccccc23)c1. The third-order valence-corrected chi connectivity index (χ3v) is 5.01. The summed E-state index contributed by atoms with van der Waals surface area (Å²) in [6.07, 6.45) is 3.30. The molecule has 2 N–H and O–H groups in total. The average molecular weight is 336 g/mol. The van der Waals surface area contributed by atoms with Gasteiger partial charge in [0.05, 0.1) is 13.2 Å². The quantitative estimate of drug-likeness (QED) is 0.813. The molecule has 122 valence electrons. The minimum Gasteiger partial charge on any atom is -0.497 e. The van der Waals surface area contributed by atoms with Gasteiger partial charge in [0.1, 0.15) is 5.75 Å². The van der Waals surface area contributed by atoms with E-state index in [-0.39, 0.29) is 6.04 Å². The van der Waals surface area contributed by atoms with Gasteiger partial charge in [-0.2, -0.15) is 0 Å². The molecule has 1 heterocycles. The number of aryl methyl sites for hydroxylation is 1. The molecule has 4 heteroatoms. The van der Waals surface area contributed by atoms with Gasteiger partial charge in [0.15, 0.2) is 5.11 Å². The minimum atomic E-state index is 0.0926. The molecular weight excluding hydrogens is 316 g/mol. The van der Waals surface area contributed by atoms with E-state index < -0.39 is 0 Å². The van der Waals surface area contributed by atoms with Crippen LogP contribution in [0.3, 0.4) is 0 Å². The van der Waals surface area contributed by atoms with Crippen molar-refractivity contribution in [3.05, 3.63) is 70.8 Å². The first-order valence-corrected chi connectivity index (χ1v) is 8.70. The molecule has 0 bridgehead atoms. The molecule has 0 aromatic heterocycles. The predicted octanol–water partition coefficient (Wildman–Crippen LogP) is 3.96. The summed E-state index contributed by atoms with van der Waals surface area (Å²) in [7, 11) is 1.70. The molecule has 2 aromatic rings. The fourth-order valence-electron chi connectivity index (χ4n) is 3.66. The molecule has 3 nitrogen and oxygen atoms in total. The second-order valence-electron chi connectivity index (χ2n) is 6.22. The number of rotatable bonds is 2. The minimum absolute atomic E-state index is 0.0926. The van der Waals surface area contributed by atoms with E-state index in [2.05, 4.69) is 47.0 Å². The van der Waals surface area contributed by atoms with Crippen molar-refractivity contribution in [2.75, 3.05) is 7.11 Å². The summed E-state index contributed by atoms with van der Waals surface area (Å²) in [5, 5.41) is 7.54. The van der Waals surface area contributed by atoms with E-state index in [1.807, 2.05) is 12.1 Å². The number of hydrogen-bond donors (Lipinski definition) is 2. The van der Waals surface area contributed by atoms with Gasteiger partial charge in [-0.25, -0.2) is 0 Å². The number of ether oxygens (including phenoxy) is 1. The number of fused-ring (bicyclic) bond motifs is 2. The van der Waals surface area contributed by atoms with Crippen LogP contribution in [-0.2, 0) is 6.42 Å². The Labute approximate surface area is 147 Å². The number of hydrogen-bond acceptors (Lipinski definition) is 2. The molecule has 2 aliphatic rings. The molecule has 24 heavy (non-hydrogen) atoms. The van der Waals surface area contributed by atoms with Crippen molar-refractivity contribution in [3.8, 4) is 5.75 Å². The average Bonchev–Trinajstić information content (AvgIpc) is 2.81. The summed E-state index contributed by atoms with van der Waals surface area (Å²) in [4.78, 5) is 0. The molecule has 0 fully saturated rings. The van der Waals surface area contributed by atoms with Crippen LogP contribution in [0.5, 0.6) is 5.75 Å². The molecule has 1 aliphatic carbocycles. The van der Waals surface area contributed by atoms with Crippen molar-refractivity contribution in [2.24, 2.45) is 0 Å². The largest absolute Gasteiger partial charge is 0.497 e. The Bertz CT molecular complexity index is 828. The Hall–Kier alpha value is -2.33. The molecule has 2 aromatic carbocycles. The second-order valence-corrected chi connectivity index (χ2v) is 6.63.